The number of carbonyl (C=O) groups is 2. The summed E-state index contributed by atoms with van der Waals surface area (Å²) in [7, 11) is 0. The number of hydrogen-bond acceptors (Lipinski definition) is 3. The standard InChI is InChI=1S/C19H27N3O3/c1-13-10-16(18(23)21-8-4-5-9-21)6-7-17(13)20-19(24)22-11-14(2)25-15(3)12-22/h6-7,10,14-15H,4-5,8-9,11-12H2,1-3H3,(H,20,24)/t14-,15+. The minimum absolute atomic E-state index is 0.0380. The van der Waals surface area contributed by atoms with Gasteiger partial charge >= 0.3 is 6.03 Å². The number of anilines is 1. The van der Waals surface area contributed by atoms with Crippen molar-refractivity contribution >= 4 is 17.6 Å². The van der Waals surface area contributed by atoms with Gasteiger partial charge in [0.15, 0.2) is 0 Å². The van der Waals surface area contributed by atoms with E-state index >= 15 is 0 Å². The van der Waals surface area contributed by atoms with Crippen LogP contribution in [0.2, 0.25) is 0 Å². The lowest BCUT2D eigenvalue weighted by molar-refractivity contribution is -0.0530. The van der Waals surface area contributed by atoms with E-state index in [4.69, 9.17) is 4.74 Å². The van der Waals surface area contributed by atoms with Crippen LogP contribution < -0.4 is 5.32 Å². The Morgan fingerprint density at radius 2 is 1.72 bits per heavy atom. The molecule has 0 spiro atoms. The molecule has 0 unspecified atom stereocenters. The number of likely N-dealkylation sites (tertiary alicyclic amines) is 1. The lowest BCUT2D eigenvalue weighted by Crippen LogP contribution is -2.49. The van der Waals surface area contributed by atoms with Crippen LogP contribution in [0.25, 0.3) is 0 Å². The number of carbonyl (C=O) groups excluding carboxylic acids is 2. The Morgan fingerprint density at radius 3 is 2.32 bits per heavy atom. The Bertz CT molecular complexity index is 645. The van der Waals surface area contributed by atoms with Crippen LogP contribution in [-0.2, 0) is 4.74 Å². The lowest BCUT2D eigenvalue weighted by Gasteiger charge is -2.35. The van der Waals surface area contributed by atoms with Crippen LogP contribution in [0.15, 0.2) is 18.2 Å². The van der Waals surface area contributed by atoms with Crippen molar-refractivity contribution in [3.8, 4) is 0 Å². The van der Waals surface area contributed by atoms with E-state index in [0.29, 0.717) is 18.7 Å². The zero-order chi connectivity index (χ0) is 18.0. The van der Waals surface area contributed by atoms with E-state index in [1.807, 2.05) is 37.8 Å². The molecule has 1 N–H and O–H groups in total. The molecular weight excluding hydrogens is 318 g/mol. The Balaban J connectivity index is 1.66. The normalized spacial score (nSPS) is 23.6. The quantitative estimate of drug-likeness (QED) is 0.896. The maximum Gasteiger partial charge on any atom is 0.322 e. The number of aryl methyl sites for hydroxylation is 1. The van der Waals surface area contributed by atoms with Gasteiger partial charge in [-0.25, -0.2) is 4.79 Å². The molecule has 2 saturated heterocycles. The van der Waals surface area contributed by atoms with Crippen LogP contribution in [0.4, 0.5) is 10.5 Å². The van der Waals surface area contributed by atoms with Gasteiger partial charge in [0.2, 0.25) is 0 Å². The molecule has 0 aliphatic carbocycles. The maximum absolute atomic E-state index is 12.5. The molecule has 2 heterocycles. The van der Waals surface area contributed by atoms with Gasteiger partial charge in [0, 0.05) is 37.4 Å². The summed E-state index contributed by atoms with van der Waals surface area (Å²) in [6.45, 7) is 8.70. The van der Waals surface area contributed by atoms with E-state index < -0.39 is 0 Å². The average Bonchev–Trinajstić information content (AvgIpc) is 3.09. The highest BCUT2D eigenvalue weighted by Gasteiger charge is 2.26. The van der Waals surface area contributed by atoms with E-state index in [2.05, 4.69) is 5.32 Å². The van der Waals surface area contributed by atoms with E-state index in [1.165, 1.54) is 0 Å². The highest BCUT2D eigenvalue weighted by Crippen LogP contribution is 2.21. The predicted octanol–water partition coefficient (Wildman–Crippen LogP) is 2.87. The molecule has 6 nitrogen and oxygen atoms in total. The second kappa shape index (κ2) is 7.44. The topological polar surface area (TPSA) is 61.9 Å². The molecule has 2 fully saturated rings. The molecule has 1 aromatic rings. The Labute approximate surface area is 149 Å². The zero-order valence-electron chi connectivity index (χ0n) is 15.2. The molecule has 6 heteroatoms. The summed E-state index contributed by atoms with van der Waals surface area (Å²) in [6, 6.07) is 5.36. The van der Waals surface area contributed by atoms with E-state index in [9.17, 15) is 9.59 Å². The monoisotopic (exact) mass is 345 g/mol. The van der Waals surface area contributed by atoms with Gasteiger partial charge < -0.3 is 19.9 Å². The SMILES string of the molecule is Cc1cc(C(=O)N2CCCC2)ccc1NC(=O)N1C[C@@H](C)O[C@@H](C)C1. The first-order valence-corrected chi connectivity index (χ1v) is 9.05. The third-order valence-corrected chi connectivity index (χ3v) is 4.82. The highest BCUT2D eigenvalue weighted by atomic mass is 16.5. The van der Waals surface area contributed by atoms with Crippen molar-refractivity contribution in [1.29, 1.82) is 0 Å². The van der Waals surface area contributed by atoms with Gasteiger partial charge in [0.25, 0.3) is 5.91 Å². The van der Waals surface area contributed by atoms with Crippen LogP contribution in [0.3, 0.4) is 0 Å². The van der Waals surface area contributed by atoms with Gasteiger partial charge in [-0.3, -0.25) is 4.79 Å². The molecular formula is C19H27N3O3. The zero-order valence-corrected chi connectivity index (χ0v) is 15.2. The van der Waals surface area contributed by atoms with E-state index in [-0.39, 0.29) is 24.1 Å². The Kier molecular flexibility index (Phi) is 5.27. The number of rotatable bonds is 2. The van der Waals surface area contributed by atoms with Gasteiger partial charge in [-0.15, -0.1) is 0 Å². The summed E-state index contributed by atoms with van der Waals surface area (Å²) in [5.41, 5.74) is 2.33. The number of amides is 3. The number of nitrogens with one attached hydrogen (secondary N) is 1. The van der Waals surface area contributed by atoms with Crippen molar-refractivity contribution in [1.82, 2.24) is 9.80 Å². The van der Waals surface area contributed by atoms with Crippen molar-refractivity contribution < 1.29 is 14.3 Å². The first kappa shape index (κ1) is 17.7. The number of nitrogens with zero attached hydrogens (tertiary/aromatic N) is 2. The molecule has 25 heavy (non-hydrogen) atoms. The van der Waals surface area contributed by atoms with Crippen molar-refractivity contribution in [3.63, 3.8) is 0 Å². The molecule has 3 rings (SSSR count). The Hall–Kier alpha value is -2.08. The minimum Gasteiger partial charge on any atom is -0.372 e. The molecule has 0 saturated carbocycles. The van der Waals surface area contributed by atoms with Crippen LogP contribution in [0.5, 0.6) is 0 Å². The molecule has 0 bridgehead atoms. The van der Waals surface area contributed by atoms with Gasteiger partial charge in [-0.05, 0) is 57.4 Å². The minimum atomic E-state index is -0.122. The lowest BCUT2D eigenvalue weighted by atomic mass is 10.1. The second-order valence-corrected chi connectivity index (χ2v) is 7.12. The fourth-order valence-electron chi connectivity index (χ4n) is 3.58. The van der Waals surface area contributed by atoms with Gasteiger partial charge in [0.05, 0.1) is 12.2 Å². The number of benzene rings is 1. The third-order valence-electron chi connectivity index (χ3n) is 4.82. The molecule has 0 aromatic heterocycles. The average molecular weight is 345 g/mol. The number of morpholine rings is 1. The maximum atomic E-state index is 12.5. The van der Waals surface area contributed by atoms with Crippen LogP contribution in [0.1, 0.15) is 42.6 Å². The summed E-state index contributed by atoms with van der Waals surface area (Å²) >= 11 is 0. The molecule has 1 aromatic carbocycles. The third kappa shape index (κ3) is 4.12. The van der Waals surface area contributed by atoms with Crippen molar-refractivity contribution in [2.24, 2.45) is 0 Å². The summed E-state index contributed by atoms with van der Waals surface area (Å²) < 4.78 is 5.67. The van der Waals surface area contributed by atoms with Crippen molar-refractivity contribution in [3.05, 3.63) is 29.3 Å². The smallest absolute Gasteiger partial charge is 0.322 e. The van der Waals surface area contributed by atoms with Crippen molar-refractivity contribution in [2.45, 2.75) is 45.8 Å². The first-order chi connectivity index (χ1) is 11.9. The number of urea groups is 1. The van der Waals surface area contributed by atoms with Gasteiger partial charge in [0.1, 0.15) is 0 Å². The summed E-state index contributed by atoms with van der Waals surface area (Å²) in [4.78, 5) is 28.7. The number of hydrogen-bond donors (Lipinski definition) is 1. The van der Waals surface area contributed by atoms with E-state index in [1.54, 1.807) is 11.0 Å². The first-order valence-electron chi connectivity index (χ1n) is 9.05. The molecule has 2 aliphatic heterocycles. The fourth-order valence-corrected chi connectivity index (χ4v) is 3.58. The molecule has 2 atom stereocenters. The van der Waals surface area contributed by atoms with Gasteiger partial charge in [-0.2, -0.15) is 0 Å². The molecule has 136 valence electrons. The van der Waals surface area contributed by atoms with Crippen LogP contribution >= 0.6 is 0 Å². The number of ether oxygens (including phenoxy) is 1. The predicted molar refractivity (Wildman–Crippen MR) is 96.9 cm³/mol. The Morgan fingerprint density at radius 1 is 1.08 bits per heavy atom. The molecule has 2 aliphatic rings. The summed E-state index contributed by atoms with van der Waals surface area (Å²) in [5.74, 6) is 0.0781. The molecule has 3 amide bonds. The van der Waals surface area contributed by atoms with Crippen molar-refractivity contribution in [2.75, 3.05) is 31.5 Å². The van der Waals surface area contributed by atoms with Gasteiger partial charge in [-0.1, -0.05) is 0 Å². The fraction of sp³-hybridized carbons (Fsp3) is 0.579. The second-order valence-electron chi connectivity index (χ2n) is 7.12. The summed E-state index contributed by atoms with van der Waals surface area (Å²) in [6.07, 6.45) is 2.23. The summed E-state index contributed by atoms with van der Waals surface area (Å²) in [5, 5.41) is 2.96. The van der Waals surface area contributed by atoms with E-state index in [0.717, 1.165) is 37.2 Å². The van der Waals surface area contributed by atoms with Crippen LogP contribution in [0, 0.1) is 6.92 Å². The molecule has 0 radical (unpaired) electrons. The van der Waals surface area contributed by atoms with Crippen LogP contribution in [-0.4, -0.2) is 60.1 Å². The largest absolute Gasteiger partial charge is 0.372 e. The highest BCUT2D eigenvalue weighted by molar-refractivity contribution is 5.96.